The second kappa shape index (κ2) is 11.6. The van der Waals surface area contributed by atoms with Gasteiger partial charge in [-0.1, -0.05) is 25.5 Å². The number of rotatable bonds is 10. The first-order valence-corrected chi connectivity index (χ1v) is 9.69. The monoisotopic (exact) mass is 400 g/mol. The molecular weight excluding hydrogens is 372 g/mol. The van der Waals surface area contributed by atoms with Crippen LogP contribution in [0.5, 0.6) is 17.2 Å². The molecule has 2 aromatic carbocycles. The fourth-order valence-corrected chi connectivity index (χ4v) is 2.55. The van der Waals surface area contributed by atoms with Gasteiger partial charge in [-0.3, -0.25) is 20.4 Å². The minimum absolute atomic E-state index is 0.139. The molecule has 0 aliphatic carbocycles. The molecule has 0 saturated heterocycles. The summed E-state index contributed by atoms with van der Waals surface area (Å²) in [7, 11) is 1.52. The molecule has 0 bridgehead atoms. The van der Waals surface area contributed by atoms with Crippen molar-refractivity contribution in [3.05, 3.63) is 53.6 Å². The van der Waals surface area contributed by atoms with E-state index < -0.39 is 5.91 Å². The van der Waals surface area contributed by atoms with Crippen molar-refractivity contribution in [2.45, 2.75) is 33.1 Å². The first-order valence-electron chi connectivity index (χ1n) is 9.69. The Morgan fingerprint density at radius 2 is 1.69 bits per heavy atom. The summed E-state index contributed by atoms with van der Waals surface area (Å²) in [6.07, 6.45) is 2.10. The van der Waals surface area contributed by atoms with Gasteiger partial charge >= 0.3 is 0 Å². The van der Waals surface area contributed by atoms with Gasteiger partial charge in [0.15, 0.2) is 11.5 Å². The van der Waals surface area contributed by atoms with Crippen LogP contribution in [-0.2, 0) is 11.2 Å². The van der Waals surface area contributed by atoms with Gasteiger partial charge in [-0.15, -0.1) is 0 Å². The highest BCUT2D eigenvalue weighted by molar-refractivity contribution is 5.96. The lowest BCUT2D eigenvalue weighted by Crippen LogP contribution is -2.42. The number of amides is 2. The summed E-state index contributed by atoms with van der Waals surface area (Å²) >= 11 is 0. The van der Waals surface area contributed by atoms with Crippen LogP contribution in [0.4, 0.5) is 0 Å². The number of carbonyl (C=O) groups excluding carboxylic acids is 2. The van der Waals surface area contributed by atoms with Gasteiger partial charge in [0.25, 0.3) is 5.91 Å². The van der Waals surface area contributed by atoms with E-state index in [1.807, 2.05) is 19.1 Å². The van der Waals surface area contributed by atoms with Gasteiger partial charge in [0.1, 0.15) is 5.75 Å². The Morgan fingerprint density at radius 3 is 2.34 bits per heavy atom. The van der Waals surface area contributed by atoms with Crippen molar-refractivity contribution in [2.75, 3.05) is 20.3 Å². The van der Waals surface area contributed by atoms with E-state index in [9.17, 15) is 9.59 Å². The molecule has 0 spiro atoms. The lowest BCUT2D eigenvalue weighted by atomic mass is 10.1. The highest BCUT2D eigenvalue weighted by Crippen LogP contribution is 2.28. The molecule has 0 fully saturated rings. The predicted molar refractivity (Wildman–Crippen MR) is 110 cm³/mol. The largest absolute Gasteiger partial charge is 0.494 e. The lowest BCUT2D eigenvalue weighted by Gasteiger charge is -2.12. The van der Waals surface area contributed by atoms with E-state index in [1.54, 1.807) is 30.3 Å². The highest BCUT2D eigenvalue weighted by atomic mass is 16.5. The summed E-state index contributed by atoms with van der Waals surface area (Å²) in [5, 5.41) is 0. The number of unbranched alkanes of at least 4 members (excludes halogenated alkanes) is 1. The Morgan fingerprint density at radius 1 is 0.931 bits per heavy atom. The van der Waals surface area contributed by atoms with E-state index in [4.69, 9.17) is 14.2 Å². The van der Waals surface area contributed by atoms with Crippen LogP contribution >= 0.6 is 0 Å². The molecule has 7 nitrogen and oxygen atoms in total. The molecule has 0 atom stereocenters. The first-order chi connectivity index (χ1) is 14.1. The van der Waals surface area contributed by atoms with Gasteiger partial charge in [-0.25, -0.2) is 0 Å². The average Bonchev–Trinajstić information content (AvgIpc) is 2.74. The molecule has 0 radical (unpaired) electrons. The molecule has 0 aliphatic heterocycles. The van der Waals surface area contributed by atoms with Gasteiger partial charge in [0, 0.05) is 5.56 Å². The topological polar surface area (TPSA) is 85.9 Å². The Labute approximate surface area is 171 Å². The smallest absolute Gasteiger partial charge is 0.269 e. The maximum atomic E-state index is 12.3. The quantitative estimate of drug-likeness (QED) is 0.472. The van der Waals surface area contributed by atoms with E-state index in [0.717, 1.165) is 24.2 Å². The van der Waals surface area contributed by atoms with Crippen molar-refractivity contribution in [3.63, 3.8) is 0 Å². The number of nitrogens with one attached hydrogen (secondary N) is 2. The molecule has 0 aliphatic rings. The standard InChI is InChI=1S/C22H28N2O5/c1-4-6-13-29-19-12-9-17(15-20(19)27-3)22(26)24-23-21(25)14-16-7-10-18(11-8-16)28-5-2/h7-12,15H,4-6,13-14H2,1-3H3,(H,23,25)(H,24,26). The van der Waals surface area contributed by atoms with E-state index in [1.165, 1.54) is 7.11 Å². The van der Waals surface area contributed by atoms with Crippen molar-refractivity contribution in [3.8, 4) is 17.2 Å². The number of ether oxygens (including phenoxy) is 3. The van der Waals surface area contributed by atoms with Crippen LogP contribution in [0.1, 0.15) is 42.6 Å². The molecule has 0 heterocycles. The van der Waals surface area contributed by atoms with Gasteiger partial charge < -0.3 is 14.2 Å². The Kier molecular flexibility index (Phi) is 8.82. The molecule has 0 aromatic heterocycles. The molecule has 156 valence electrons. The zero-order chi connectivity index (χ0) is 21.1. The summed E-state index contributed by atoms with van der Waals surface area (Å²) in [4.78, 5) is 24.4. The summed E-state index contributed by atoms with van der Waals surface area (Å²) in [6.45, 7) is 5.16. The van der Waals surface area contributed by atoms with Crippen LogP contribution in [0.15, 0.2) is 42.5 Å². The van der Waals surface area contributed by atoms with Crippen LogP contribution in [-0.4, -0.2) is 32.1 Å². The fraction of sp³-hybridized carbons (Fsp3) is 0.364. The minimum Gasteiger partial charge on any atom is -0.494 e. The van der Waals surface area contributed by atoms with Crippen LogP contribution in [0.3, 0.4) is 0 Å². The van der Waals surface area contributed by atoms with Crippen molar-refractivity contribution in [1.29, 1.82) is 0 Å². The molecule has 7 heteroatoms. The molecule has 2 rings (SSSR count). The summed E-state index contributed by atoms with van der Waals surface area (Å²) < 4.78 is 16.3. The molecule has 0 saturated carbocycles. The molecule has 2 N–H and O–H groups in total. The van der Waals surface area contributed by atoms with Crippen molar-refractivity contribution in [2.24, 2.45) is 0 Å². The zero-order valence-electron chi connectivity index (χ0n) is 17.1. The maximum Gasteiger partial charge on any atom is 0.269 e. The maximum absolute atomic E-state index is 12.3. The molecule has 2 amide bonds. The number of hydrazine groups is 1. The van der Waals surface area contributed by atoms with Gasteiger partial charge in [-0.2, -0.15) is 0 Å². The molecule has 29 heavy (non-hydrogen) atoms. The van der Waals surface area contributed by atoms with E-state index in [-0.39, 0.29) is 12.3 Å². The SMILES string of the molecule is CCCCOc1ccc(C(=O)NNC(=O)Cc2ccc(OCC)cc2)cc1OC. The van der Waals surface area contributed by atoms with E-state index in [2.05, 4.69) is 17.8 Å². The number of hydrogen-bond acceptors (Lipinski definition) is 5. The number of carbonyl (C=O) groups is 2. The number of benzene rings is 2. The van der Waals surface area contributed by atoms with E-state index in [0.29, 0.717) is 30.3 Å². The van der Waals surface area contributed by atoms with Gasteiger partial charge in [0.2, 0.25) is 5.91 Å². The third-order valence-electron chi connectivity index (χ3n) is 4.10. The fourth-order valence-electron chi connectivity index (χ4n) is 2.55. The molecule has 0 unspecified atom stereocenters. The Balaban J connectivity index is 1.88. The number of methoxy groups -OCH3 is 1. The second-order valence-corrected chi connectivity index (χ2v) is 6.32. The van der Waals surface area contributed by atoms with Crippen LogP contribution in [0, 0.1) is 0 Å². The highest BCUT2D eigenvalue weighted by Gasteiger charge is 2.12. The van der Waals surface area contributed by atoms with Crippen molar-refractivity contribution >= 4 is 11.8 Å². The molecular formula is C22H28N2O5. The second-order valence-electron chi connectivity index (χ2n) is 6.32. The minimum atomic E-state index is -0.441. The van der Waals surface area contributed by atoms with Crippen LogP contribution in [0.25, 0.3) is 0 Å². The van der Waals surface area contributed by atoms with Gasteiger partial charge in [0.05, 0.1) is 26.7 Å². The van der Waals surface area contributed by atoms with Crippen LogP contribution in [0.2, 0.25) is 0 Å². The average molecular weight is 400 g/mol. The first kappa shape index (κ1) is 22.1. The Bertz CT molecular complexity index is 805. The van der Waals surface area contributed by atoms with Crippen molar-refractivity contribution in [1.82, 2.24) is 10.9 Å². The van der Waals surface area contributed by atoms with Crippen molar-refractivity contribution < 1.29 is 23.8 Å². The number of hydrogen-bond donors (Lipinski definition) is 2. The zero-order valence-corrected chi connectivity index (χ0v) is 17.1. The van der Waals surface area contributed by atoms with E-state index >= 15 is 0 Å². The Hall–Kier alpha value is -3.22. The predicted octanol–water partition coefficient (Wildman–Crippen LogP) is 3.28. The normalized spacial score (nSPS) is 10.2. The third kappa shape index (κ3) is 7.03. The summed E-state index contributed by atoms with van der Waals surface area (Å²) in [5.41, 5.74) is 6.00. The molecule has 2 aromatic rings. The van der Waals surface area contributed by atoms with Gasteiger partial charge in [-0.05, 0) is 49.2 Å². The summed E-state index contributed by atoms with van der Waals surface area (Å²) in [6, 6.07) is 12.1. The third-order valence-corrected chi connectivity index (χ3v) is 4.10. The van der Waals surface area contributed by atoms with Crippen LogP contribution < -0.4 is 25.1 Å². The lowest BCUT2D eigenvalue weighted by molar-refractivity contribution is -0.121. The summed E-state index contributed by atoms with van der Waals surface area (Å²) in [5.74, 6) is 1.03.